The maximum absolute atomic E-state index is 11.9. The van der Waals surface area contributed by atoms with Gasteiger partial charge in [-0.25, -0.2) is 0 Å². The number of ketones is 1. The minimum Gasteiger partial charge on any atom is -0.292 e. The predicted octanol–water partition coefficient (Wildman–Crippen LogP) is 2.23. The van der Waals surface area contributed by atoms with E-state index in [1.54, 1.807) is 24.3 Å². The first kappa shape index (κ1) is 12.8. The van der Waals surface area contributed by atoms with Gasteiger partial charge in [0.15, 0.2) is 5.78 Å². The van der Waals surface area contributed by atoms with Crippen LogP contribution < -0.4 is 5.46 Å². The van der Waals surface area contributed by atoms with Gasteiger partial charge < -0.3 is 0 Å². The van der Waals surface area contributed by atoms with E-state index >= 15 is 0 Å². The Hall–Kier alpha value is -1.64. The maximum atomic E-state index is 11.9. The quantitative estimate of drug-likeness (QED) is 0.585. The summed E-state index contributed by atoms with van der Waals surface area (Å²) in [4.78, 5) is 16.4. The van der Waals surface area contributed by atoms with Crippen molar-refractivity contribution in [2.24, 2.45) is 4.99 Å². The molecule has 18 heavy (non-hydrogen) atoms. The molecule has 0 heterocycles. The van der Waals surface area contributed by atoms with Gasteiger partial charge in [-0.3, -0.25) is 9.79 Å². The molecule has 0 saturated heterocycles. The van der Waals surface area contributed by atoms with Gasteiger partial charge in [0, 0.05) is 11.3 Å². The Kier molecular flexibility index (Phi) is 4.13. The van der Waals surface area contributed by atoms with E-state index in [9.17, 15) is 4.79 Å². The highest BCUT2D eigenvalue weighted by atomic mass is 16.1. The molecule has 0 N–H and O–H groups in total. The van der Waals surface area contributed by atoms with Gasteiger partial charge in [-0.15, -0.1) is 0 Å². The topological polar surface area (TPSA) is 29.4 Å². The molecule has 1 aliphatic carbocycles. The van der Waals surface area contributed by atoms with Crippen molar-refractivity contribution in [3.05, 3.63) is 41.5 Å². The van der Waals surface area contributed by atoms with Crippen LogP contribution in [0.2, 0.25) is 0 Å². The second-order valence-electron chi connectivity index (χ2n) is 4.59. The Labute approximate surface area is 109 Å². The van der Waals surface area contributed by atoms with Gasteiger partial charge >= 0.3 is 0 Å². The number of allylic oxidation sites excluding steroid dienone is 2. The first-order valence-electron chi connectivity index (χ1n) is 6.26. The van der Waals surface area contributed by atoms with Gasteiger partial charge in [0.1, 0.15) is 14.4 Å². The first-order chi connectivity index (χ1) is 8.66. The molecule has 1 aliphatic rings. The molecule has 0 unspecified atom stereocenters. The van der Waals surface area contributed by atoms with E-state index in [0.717, 1.165) is 25.0 Å². The van der Waals surface area contributed by atoms with Crippen LogP contribution in [0, 0.1) is 0 Å². The fourth-order valence-corrected chi connectivity index (χ4v) is 2.03. The average Bonchev–Trinajstić information content (AvgIpc) is 2.38. The summed E-state index contributed by atoms with van der Waals surface area (Å²) >= 11 is 0. The molecule has 0 amide bonds. The lowest BCUT2D eigenvalue weighted by molar-refractivity contribution is 0.100. The third kappa shape index (κ3) is 3.19. The summed E-state index contributed by atoms with van der Waals surface area (Å²) in [5.74, 6) is 0.0425. The third-order valence-electron chi connectivity index (χ3n) is 3.17. The lowest BCUT2D eigenvalue weighted by Crippen LogP contribution is -2.11. The van der Waals surface area contributed by atoms with E-state index in [1.807, 2.05) is 0 Å². The Bertz CT molecular complexity index is 500. The molecule has 0 spiro atoms. The Morgan fingerprint density at radius 2 is 2.06 bits per heavy atom. The highest BCUT2D eigenvalue weighted by molar-refractivity contribution is 6.32. The molecule has 2 radical (unpaired) electrons. The second kappa shape index (κ2) is 5.81. The molecule has 0 aliphatic heterocycles. The van der Waals surface area contributed by atoms with Crippen LogP contribution in [0.3, 0.4) is 0 Å². The Balaban J connectivity index is 2.04. The van der Waals surface area contributed by atoms with Gasteiger partial charge in [0.05, 0.1) is 0 Å². The zero-order chi connectivity index (χ0) is 13.0. The minimum absolute atomic E-state index is 0.0425. The summed E-state index contributed by atoms with van der Waals surface area (Å²) in [6.07, 6.45) is 5.43. The number of benzene rings is 1. The summed E-state index contributed by atoms with van der Waals surface area (Å²) in [6.45, 7) is 2.29. The molecule has 1 aromatic carbocycles. The number of carbonyl (C=O) groups excluding carboxylic acids is 1. The molecule has 0 atom stereocenters. The van der Waals surface area contributed by atoms with E-state index in [4.69, 9.17) is 7.85 Å². The smallest absolute Gasteiger partial charge is 0.184 e. The van der Waals surface area contributed by atoms with Gasteiger partial charge in [-0.2, -0.15) is 0 Å². The van der Waals surface area contributed by atoms with Crippen LogP contribution in [0.1, 0.15) is 36.5 Å². The van der Waals surface area contributed by atoms with E-state index in [2.05, 4.69) is 18.0 Å². The Morgan fingerprint density at radius 3 is 2.72 bits per heavy atom. The van der Waals surface area contributed by atoms with Gasteiger partial charge in [0.2, 0.25) is 0 Å². The van der Waals surface area contributed by atoms with Gasteiger partial charge in [-0.1, -0.05) is 35.8 Å². The molecular formula is C15H16BNO. The number of carbonyl (C=O) groups is 1. The standard InChI is InChI=1S/C15H16BNO/c1-11-4-2-3-5-14(11)17-10-15(18)12-6-8-13(16)9-7-12/h4,6-9H,2-3,5,10H2,1H3. The highest BCUT2D eigenvalue weighted by Crippen LogP contribution is 2.15. The van der Waals surface area contributed by atoms with Crippen LogP contribution in [-0.4, -0.2) is 25.9 Å². The molecule has 0 fully saturated rings. The van der Waals surface area contributed by atoms with Gasteiger partial charge in [-0.05, 0) is 31.8 Å². The minimum atomic E-state index is 0.0425. The fraction of sp³-hybridized carbons (Fsp3) is 0.333. The van der Waals surface area contributed by atoms with Gasteiger partial charge in [0.25, 0.3) is 0 Å². The maximum Gasteiger partial charge on any atom is 0.184 e. The molecule has 2 rings (SSSR count). The second-order valence-corrected chi connectivity index (χ2v) is 4.59. The fourth-order valence-electron chi connectivity index (χ4n) is 2.03. The molecular weight excluding hydrogens is 221 g/mol. The highest BCUT2D eigenvalue weighted by Gasteiger charge is 2.09. The number of aliphatic imine (C=N–C) groups is 1. The van der Waals surface area contributed by atoms with Crippen LogP contribution in [0.15, 0.2) is 40.9 Å². The zero-order valence-corrected chi connectivity index (χ0v) is 10.6. The third-order valence-corrected chi connectivity index (χ3v) is 3.17. The van der Waals surface area contributed by atoms with Crippen molar-refractivity contribution in [2.75, 3.05) is 6.54 Å². The van der Waals surface area contributed by atoms with Crippen LogP contribution in [0.5, 0.6) is 0 Å². The summed E-state index contributed by atoms with van der Waals surface area (Å²) in [5.41, 5.74) is 3.63. The molecule has 1 aromatic rings. The zero-order valence-electron chi connectivity index (χ0n) is 10.6. The number of nitrogens with zero attached hydrogens (tertiary/aromatic N) is 1. The Morgan fingerprint density at radius 1 is 1.33 bits per heavy atom. The summed E-state index contributed by atoms with van der Waals surface area (Å²) < 4.78 is 0. The normalized spacial score (nSPS) is 17.6. The monoisotopic (exact) mass is 237 g/mol. The van der Waals surface area contributed by atoms with E-state index in [1.165, 1.54) is 5.57 Å². The molecule has 2 nitrogen and oxygen atoms in total. The largest absolute Gasteiger partial charge is 0.292 e. The van der Waals surface area contributed by atoms with E-state index in [0.29, 0.717) is 11.0 Å². The van der Waals surface area contributed by atoms with Crippen molar-refractivity contribution < 1.29 is 4.79 Å². The van der Waals surface area contributed by atoms with Crippen LogP contribution in [-0.2, 0) is 0 Å². The summed E-state index contributed by atoms with van der Waals surface area (Å²) in [6, 6.07) is 6.99. The van der Waals surface area contributed by atoms with Crippen molar-refractivity contribution in [1.82, 2.24) is 0 Å². The number of Topliss-reactive ketones (excluding diaryl/α,β-unsaturated/α-hetero) is 1. The van der Waals surface area contributed by atoms with Crippen molar-refractivity contribution in [3.63, 3.8) is 0 Å². The molecule has 90 valence electrons. The molecule has 0 aromatic heterocycles. The molecule has 0 saturated carbocycles. The van der Waals surface area contributed by atoms with E-state index in [-0.39, 0.29) is 12.3 Å². The number of hydrogen-bond acceptors (Lipinski definition) is 2. The van der Waals surface area contributed by atoms with Crippen molar-refractivity contribution >= 4 is 24.8 Å². The van der Waals surface area contributed by atoms with Crippen molar-refractivity contribution in [1.29, 1.82) is 0 Å². The SMILES string of the molecule is [B]c1ccc(C(=O)CN=C2CCCC=C2C)cc1. The number of rotatable bonds is 3. The molecule has 3 heteroatoms. The van der Waals surface area contributed by atoms with Crippen LogP contribution in [0.4, 0.5) is 0 Å². The lowest BCUT2D eigenvalue weighted by atomic mass is 9.94. The number of hydrogen-bond donors (Lipinski definition) is 0. The van der Waals surface area contributed by atoms with Crippen LogP contribution >= 0.6 is 0 Å². The van der Waals surface area contributed by atoms with E-state index < -0.39 is 0 Å². The van der Waals surface area contributed by atoms with Crippen LogP contribution in [0.25, 0.3) is 0 Å². The van der Waals surface area contributed by atoms with Crippen molar-refractivity contribution in [2.45, 2.75) is 26.2 Å². The first-order valence-corrected chi connectivity index (χ1v) is 6.26. The predicted molar refractivity (Wildman–Crippen MR) is 76.1 cm³/mol. The summed E-state index contributed by atoms with van der Waals surface area (Å²) in [5, 5.41) is 0. The average molecular weight is 237 g/mol. The molecule has 0 bridgehead atoms. The summed E-state index contributed by atoms with van der Waals surface area (Å²) in [7, 11) is 5.59. The van der Waals surface area contributed by atoms with Crippen molar-refractivity contribution in [3.8, 4) is 0 Å². The lowest BCUT2D eigenvalue weighted by Gasteiger charge is -2.11.